The Balaban J connectivity index is 2.16. The van der Waals surface area contributed by atoms with Crippen molar-refractivity contribution in [1.82, 2.24) is 0 Å². The molecule has 21 heavy (non-hydrogen) atoms. The van der Waals surface area contributed by atoms with Crippen molar-refractivity contribution < 1.29 is 9.29 Å². The van der Waals surface area contributed by atoms with E-state index in [0.29, 0.717) is 0 Å². The van der Waals surface area contributed by atoms with Crippen LogP contribution >= 0.6 is 11.3 Å². The zero-order chi connectivity index (χ0) is 15.5. The highest BCUT2D eigenvalue weighted by Crippen LogP contribution is 2.30. The maximum Gasteiger partial charge on any atom is 0.144 e. The number of nitrogens with zero attached hydrogens (tertiary/aromatic N) is 1. The third-order valence-electron chi connectivity index (χ3n) is 2.78. The topological polar surface area (TPSA) is 44.6 Å². The Morgan fingerprint density at radius 3 is 2.67 bits per heavy atom. The highest BCUT2D eigenvalue weighted by molar-refractivity contribution is 7.91. The van der Waals surface area contributed by atoms with Gasteiger partial charge in [-0.15, -0.1) is 11.3 Å². The molecule has 0 aliphatic carbocycles. The Hall–Kier alpha value is -1.30. The quantitative estimate of drug-likeness (QED) is 0.622. The SMILES string of the molecule is COc1cccc(-c2ccc(/C=N/[S+]([O-])C(C)(C)C)s2)c1. The molecule has 2 aromatic rings. The number of ether oxygens (including phenoxy) is 1. The van der Waals surface area contributed by atoms with E-state index in [1.165, 1.54) is 0 Å². The Bertz CT molecular complexity index is 629. The minimum atomic E-state index is -1.22. The van der Waals surface area contributed by atoms with Crippen molar-refractivity contribution in [2.75, 3.05) is 7.11 Å². The second kappa shape index (κ2) is 6.64. The lowest BCUT2D eigenvalue weighted by molar-refractivity contribution is 0.415. The largest absolute Gasteiger partial charge is 0.591 e. The second-order valence-electron chi connectivity index (χ2n) is 5.53. The van der Waals surface area contributed by atoms with Crippen LogP contribution in [0.25, 0.3) is 10.4 Å². The number of benzene rings is 1. The molecule has 1 atom stereocenters. The summed E-state index contributed by atoms with van der Waals surface area (Å²) in [6.07, 6.45) is 1.69. The summed E-state index contributed by atoms with van der Waals surface area (Å²) >= 11 is 0.396. The molecular formula is C16H19NO2S2. The Morgan fingerprint density at radius 1 is 1.24 bits per heavy atom. The van der Waals surface area contributed by atoms with E-state index in [-0.39, 0.29) is 4.75 Å². The first-order chi connectivity index (χ1) is 9.90. The van der Waals surface area contributed by atoms with Crippen molar-refractivity contribution in [1.29, 1.82) is 0 Å². The molecule has 0 amide bonds. The van der Waals surface area contributed by atoms with Crippen LogP contribution in [0, 0.1) is 0 Å². The van der Waals surface area contributed by atoms with Crippen molar-refractivity contribution in [2.45, 2.75) is 25.5 Å². The van der Waals surface area contributed by atoms with Gasteiger partial charge in [0.05, 0.1) is 18.2 Å². The van der Waals surface area contributed by atoms with E-state index in [4.69, 9.17) is 4.74 Å². The van der Waals surface area contributed by atoms with Crippen LogP contribution in [0.15, 0.2) is 40.8 Å². The fourth-order valence-corrected chi connectivity index (χ4v) is 3.08. The van der Waals surface area contributed by atoms with Crippen LogP contribution in [0.5, 0.6) is 5.75 Å². The molecular weight excluding hydrogens is 302 g/mol. The molecule has 0 aliphatic rings. The van der Waals surface area contributed by atoms with Gasteiger partial charge in [-0.1, -0.05) is 16.5 Å². The van der Waals surface area contributed by atoms with Crippen LogP contribution in [0.3, 0.4) is 0 Å². The van der Waals surface area contributed by atoms with Gasteiger partial charge < -0.3 is 9.29 Å². The average molecular weight is 321 g/mol. The van der Waals surface area contributed by atoms with Crippen LogP contribution in [-0.4, -0.2) is 22.6 Å². The highest BCUT2D eigenvalue weighted by atomic mass is 32.2. The highest BCUT2D eigenvalue weighted by Gasteiger charge is 2.25. The minimum Gasteiger partial charge on any atom is -0.591 e. The summed E-state index contributed by atoms with van der Waals surface area (Å²) in [7, 11) is 1.66. The minimum absolute atomic E-state index is 0.330. The van der Waals surface area contributed by atoms with Crippen molar-refractivity contribution in [3.63, 3.8) is 0 Å². The van der Waals surface area contributed by atoms with Crippen LogP contribution in [-0.2, 0) is 11.4 Å². The monoisotopic (exact) mass is 321 g/mol. The van der Waals surface area contributed by atoms with Crippen LogP contribution in [0.2, 0.25) is 0 Å². The molecule has 0 spiro atoms. The molecule has 3 nitrogen and oxygen atoms in total. The van der Waals surface area contributed by atoms with Gasteiger partial charge in [0, 0.05) is 4.88 Å². The third-order valence-corrected chi connectivity index (χ3v) is 5.19. The van der Waals surface area contributed by atoms with Gasteiger partial charge in [-0.05, 0) is 50.6 Å². The fourth-order valence-electron chi connectivity index (χ4n) is 1.61. The lowest BCUT2D eigenvalue weighted by Gasteiger charge is -2.17. The predicted molar refractivity (Wildman–Crippen MR) is 91.8 cm³/mol. The molecule has 1 heterocycles. The Morgan fingerprint density at radius 2 is 2.00 bits per heavy atom. The van der Waals surface area contributed by atoms with Crippen LogP contribution in [0.4, 0.5) is 0 Å². The van der Waals surface area contributed by atoms with Gasteiger partial charge in [-0.25, -0.2) is 0 Å². The van der Waals surface area contributed by atoms with Crippen LogP contribution < -0.4 is 4.74 Å². The van der Waals surface area contributed by atoms with Crippen molar-refractivity contribution >= 4 is 28.9 Å². The molecule has 0 saturated carbocycles. The van der Waals surface area contributed by atoms with E-state index in [2.05, 4.69) is 4.40 Å². The molecule has 112 valence electrons. The van der Waals surface area contributed by atoms with Gasteiger partial charge in [-0.3, -0.25) is 0 Å². The zero-order valence-corrected chi connectivity index (χ0v) is 14.3. The van der Waals surface area contributed by atoms with Gasteiger partial charge in [-0.2, -0.15) is 0 Å². The third kappa shape index (κ3) is 4.33. The molecule has 0 bridgehead atoms. The molecule has 5 heteroatoms. The molecule has 0 N–H and O–H groups in total. The summed E-state index contributed by atoms with van der Waals surface area (Å²) in [5, 5.41) is 0. The van der Waals surface area contributed by atoms with E-state index in [1.54, 1.807) is 24.7 Å². The smallest absolute Gasteiger partial charge is 0.144 e. The number of methoxy groups -OCH3 is 1. The van der Waals surface area contributed by atoms with E-state index >= 15 is 0 Å². The summed E-state index contributed by atoms with van der Waals surface area (Å²) in [6, 6.07) is 12.0. The number of hydrogen-bond acceptors (Lipinski definition) is 4. The summed E-state index contributed by atoms with van der Waals surface area (Å²) in [5.41, 5.74) is 1.11. The summed E-state index contributed by atoms with van der Waals surface area (Å²) < 4.78 is 20.9. The maximum atomic E-state index is 11.9. The lowest BCUT2D eigenvalue weighted by Crippen LogP contribution is -2.25. The molecule has 0 radical (unpaired) electrons. The number of hydrogen-bond donors (Lipinski definition) is 0. The molecule has 2 rings (SSSR count). The van der Waals surface area contributed by atoms with Gasteiger partial charge in [0.15, 0.2) is 0 Å². The molecule has 0 fully saturated rings. The van der Waals surface area contributed by atoms with Crippen molar-refractivity contribution in [2.24, 2.45) is 4.40 Å². The van der Waals surface area contributed by atoms with Gasteiger partial charge in [0.25, 0.3) is 0 Å². The fraction of sp³-hybridized carbons (Fsp3) is 0.312. The first-order valence-corrected chi connectivity index (χ1v) is 8.53. The molecule has 1 aromatic heterocycles. The molecule has 0 saturated heterocycles. The molecule has 1 unspecified atom stereocenters. The van der Waals surface area contributed by atoms with E-state index in [1.807, 2.05) is 57.2 Å². The lowest BCUT2D eigenvalue weighted by atomic mass is 10.2. The number of thiophene rings is 1. The summed E-state index contributed by atoms with van der Waals surface area (Å²) in [5.74, 6) is 0.838. The van der Waals surface area contributed by atoms with Crippen molar-refractivity contribution in [3.8, 4) is 16.2 Å². The van der Waals surface area contributed by atoms with Gasteiger partial charge in [0.2, 0.25) is 0 Å². The van der Waals surface area contributed by atoms with Gasteiger partial charge >= 0.3 is 0 Å². The Kier molecular flexibility index (Phi) is 5.08. The number of rotatable bonds is 4. The predicted octanol–water partition coefficient (Wildman–Crippen LogP) is 4.30. The first-order valence-electron chi connectivity index (χ1n) is 6.60. The first kappa shape index (κ1) is 16.1. The molecule has 1 aromatic carbocycles. The molecule has 0 aliphatic heterocycles. The van der Waals surface area contributed by atoms with E-state index < -0.39 is 11.4 Å². The van der Waals surface area contributed by atoms with E-state index in [0.717, 1.165) is 21.1 Å². The second-order valence-corrected chi connectivity index (χ2v) is 8.58. The van der Waals surface area contributed by atoms with Crippen LogP contribution in [0.1, 0.15) is 25.6 Å². The zero-order valence-electron chi connectivity index (χ0n) is 12.6. The standard InChI is InChI=1S/C16H19NO2S2/c1-16(2,3)21(18)17-11-14-8-9-15(20-14)12-6-5-7-13(10-12)19-4/h5-11H,1-4H3/b17-11+. The van der Waals surface area contributed by atoms with E-state index in [9.17, 15) is 4.55 Å². The summed E-state index contributed by atoms with van der Waals surface area (Å²) in [6.45, 7) is 5.74. The maximum absolute atomic E-state index is 11.9. The van der Waals surface area contributed by atoms with Crippen molar-refractivity contribution in [3.05, 3.63) is 41.3 Å². The van der Waals surface area contributed by atoms with Gasteiger partial charge in [0.1, 0.15) is 21.9 Å². The Labute approximate surface area is 133 Å². The summed E-state index contributed by atoms with van der Waals surface area (Å²) in [4.78, 5) is 2.13. The average Bonchev–Trinajstić information content (AvgIpc) is 2.92. The normalized spacial score (nSPS) is 13.6.